The monoisotopic (exact) mass is 274 g/mol. The molecule has 1 aromatic rings. The average Bonchev–Trinajstić information content (AvgIpc) is 2.88. The molecule has 1 amide bonds. The Kier molecular flexibility index (Phi) is 2.88. The zero-order valence-electron chi connectivity index (χ0n) is 12.0. The first kappa shape index (κ1) is 12.5. The zero-order chi connectivity index (χ0) is 13.7. The normalized spacial score (nSPS) is 37.0. The van der Waals surface area contributed by atoms with Gasteiger partial charge in [0, 0.05) is 31.0 Å². The predicted molar refractivity (Wildman–Crippen MR) is 75.3 cm³/mol. The summed E-state index contributed by atoms with van der Waals surface area (Å²) in [7, 11) is 2.17. The minimum Gasteiger partial charge on any atom is -0.469 e. The van der Waals surface area contributed by atoms with Crippen molar-refractivity contribution in [3.8, 4) is 0 Å². The number of nitrogens with zero attached hydrogens (tertiary/aromatic N) is 2. The van der Waals surface area contributed by atoms with E-state index in [-0.39, 0.29) is 5.92 Å². The van der Waals surface area contributed by atoms with Gasteiger partial charge >= 0.3 is 0 Å². The first-order valence-corrected chi connectivity index (χ1v) is 7.76. The number of amides is 1. The summed E-state index contributed by atoms with van der Waals surface area (Å²) in [5.41, 5.74) is 0. The Morgan fingerprint density at radius 1 is 1.35 bits per heavy atom. The number of likely N-dealkylation sites (tertiary alicyclic amines) is 2. The lowest BCUT2D eigenvalue weighted by molar-refractivity contribution is -0.134. The van der Waals surface area contributed by atoms with Crippen LogP contribution in [0, 0.1) is 11.8 Å². The Morgan fingerprint density at radius 3 is 3.00 bits per heavy atom. The van der Waals surface area contributed by atoms with Gasteiger partial charge in [-0.3, -0.25) is 4.79 Å². The van der Waals surface area contributed by atoms with E-state index in [0.29, 0.717) is 17.9 Å². The lowest BCUT2D eigenvalue weighted by atomic mass is 9.92. The van der Waals surface area contributed by atoms with Crippen LogP contribution in [0.3, 0.4) is 0 Å². The first-order chi connectivity index (χ1) is 9.74. The van der Waals surface area contributed by atoms with E-state index in [1.54, 1.807) is 6.26 Å². The number of carbonyl (C=O) groups excluding carboxylic acids is 1. The van der Waals surface area contributed by atoms with Crippen molar-refractivity contribution in [1.82, 2.24) is 9.80 Å². The number of likely N-dealkylation sites (N-methyl/N-ethyl adjacent to an activating group) is 1. The highest BCUT2D eigenvalue weighted by molar-refractivity contribution is 5.83. The van der Waals surface area contributed by atoms with Crippen LogP contribution in [0.25, 0.3) is 0 Å². The fourth-order valence-electron chi connectivity index (χ4n) is 4.07. The van der Waals surface area contributed by atoms with E-state index in [1.807, 2.05) is 12.1 Å². The van der Waals surface area contributed by atoms with Gasteiger partial charge in [-0.05, 0) is 50.9 Å². The van der Waals surface area contributed by atoms with E-state index in [4.69, 9.17) is 4.42 Å². The zero-order valence-corrected chi connectivity index (χ0v) is 12.0. The number of piperidine rings is 1. The summed E-state index contributed by atoms with van der Waals surface area (Å²) in [4.78, 5) is 17.3. The SMILES string of the molecule is CN1CCC2CCN(C(=O)C3CC3c3ccco3)C2C1. The fourth-order valence-corrected chi connectivity index (χ4v) is 4.07. The summed E-state index contributed by atoms with van der Waals surface area (Å²) >= 11 is 0. The summed E-state index contributed by atoms with van der Waals surface area (Å²) in [6, 6.07) is 4.37. The molecular formula is C16H22N2O2. The second-order valence-corrected chi connectivity index (χ2v) is 6.66. The Labute approximate surface area is 119 Å². The van der Waals surface area contributed by atoms with Gasteiger partial charge in [0.15, 0.2) is 0 Å². The summed E-state index contributed by atoms with van der Waals surface area (Å²) in [6.45, 7) is 3.19. The molecule has 0 aromatic carbocycles. The quantitative estimate of drug-likeness (QED) is 0.827. The summed E-state index contributed by atoms with van der Waals surface area (Å²) in [6.07, 6.45) is 5.12. The van der Waals surface area contributed by atoms with Crippen LogP contribution in [-0.2, 0) is 4.79 Å². The van der Waals surface area contributed by atoms with Crippen LogP contribution in [0.4, 0.5) is 0 Å². The first-order valence-electron chi connectivity index (χ1n) is 7.76. The molecule has 1 aliphatic carbocycles. The van der Waals surface area contributed by atoms with E-state index >= 15 is 0 Å². The minimum atomic E-state index is 0.173. The molecule has 3 fully saturated rings. The Balaban J connectivity index is 1.45. The van der Waals surface area contributed by atoms with Crippen molar-refractivity contribution in [3.05, 3.63) is 24.2 Å². The molecule has 0 radical (unpaired) electrons. The van der Waals surface area contributed by atoms with Crippen LogP contribution in [0.5, 0.6) is 0 Å². The highest BCUT2D eigenvalue weighted by atomic mass is 16.3. The smallest absolute Gasteiger partial charge is 0.226 e. The van der Waals surface area contributed by atoms with Gasteiger partial charge in [-0.25, -0.2) is 0 Å². The Hall–Kier alpha value is -1.29. The maximum Gasteiger partial charge on any atom is 0.226 e. The lowest BCUT2D eigenvalue weighted by Crippen LogP contribution is -2.49. The molecule has 1 aromatic heterocycles. The number of furan rings is 1. The highest BCUT2D eigenvalue weighted by Gasteiger charge is 2.50. The molecule has 0 bridgehead atoms. The molecule has 0 N–H and O–H groups in total. The molecule has 4 heteroatoms. The van der Waals surface area contributed by atoms with Crippen molar-refractivity contribution in [2.24, 2.45) is 11.8 Å². The molecule has 20 heavy (non-hydrogen) atoms. The van der Waals surface area contributed by atoms with Gasteiger partial charge < -0.3 is 14.2 Å². The number of rotatable bonds is 2. The molecule has 3 aliphatic rings. The summed E-state index contributed by atoms with van der Waals surface area (Å²) in [5.74, 6) is 2.59. The van der Waals surface area contributed by atoms with Gasteiger partial charge in [0.1, 0.15) is 5.76 Å². The van der Waals surface area contributed by atoms with Gasteiger partial charge in [0.2, 0.25) is 5.91 Å². The van der Waals surface area contributed by atoms with Crippen molar-refractivity contribution in [3.63, 3.8) is 0 Å². The summed E-state index contributed by atoms with van der Waals surface area (Å²) in [5, 5.41) is 0. The largest absolute Gasteiger partial charge is 0.469 e. The van der Waals surface area contributed by atoms with Gasteiger partial charge in [-0.15, -0.1) is 0 Å². The maximum atomic E-state index is 12.7. The van der Waals surface area contributed by atoms with Crippen molar-refractivity contribution in [2.45, 2.75) is 31.2 Å². The second-order valence-electron chi connectivity index (χ2n) is 6.66. The highest BCUT2D eigenvalue weighted by Crippen LogP contribution is 2.49. The molecule has 108 valence electrons. The molecule has 0 spiro atoms. The van der Waals surface area contributed by atoms with Gasteiger partial charge in [-0.2, -0.15) is 0 Å². The predicted octanol–water partition coefficient (Wildman–Crippen LogP) is 1.94. The molecule has 4 unspecified atom stereocenters. The third kappa shape index (κ3) is 1.97. The van der Waals surface area contributed by atoms with Crippen molar-refractivity contribution >= 4 is 5.91 Å². The molecule has 2 saturated heterocycles. The van der Waals surface area contributed by atoms with E-state index < -0.39 is 0 Å². The Morgan fingerprint density at radius 2 is 2.20 bits per heavy atom. The van der Waals surface area contributed by atoms with E-state index in [0.717, 1.165) is 31.2 Å². The Bertz CT molecular complexity index is 499. The van der Waals surface area contributed by atoms with Crippen LogP contribution >= 0.6 is 0 Å². The van der Waals surface area contributed by atoms with Gasteiger partial charge in [-0.1, -0.05) is 0 Å². The molecule has 3 heterocycles. The van der Waals surface area contributed by atoms with Gasteiger partial charge in [0.25, 0.3) is 0 Å². The van der Waals surface area contributed by atoms with Gasteiger partial charge in [0.05, 0.1) is 6.26 Å². The minimum absolute atomic E-state index is 0.173. The number of hydrogen-bond donors (Lipinski definition) is 0. The topological polar surface area (TPSA) is 36.7 Å². The summed E-state index contributed by atoms with van der Waals surface area (Å²) < 4.78 is 5.45. The van der Waals surface area contributed by atoms with Crippen molar-refractivity contribution < 1.29 is 9.21 Å². The molecule has 4 rings (SSSR count). The van der Waals surface area contributed by atoms with Crippen LogP contribution in [0.2, 0.25) is 0 Å². The van der Waals surface area contributed by atoms with Crippen LogP contribution < -0.4 is 0 Å². The van der Waals surface area contributed by atoms with E-state index in [9.17, 15) is 4.79 Å². The third-order valence-electron chi connectivity index (χ3n) is 5.36. The van der Waals surface area contributed by atoms with E-state index in [2.05, 4.69) is 16.8 Å². The second kappa shape index (κ2) is 4.62. The maximum absolute atomic E-state index is 12.7. The van der Waals surface area contributed by atoms with E-state index in [1.165, 1.54) is 19.4 Å². The van der Waals surface area contributed by atoms with Crippen LogP contribution in [-0.4, -0.2) is 48.4 Å². The average molecular weight is 274 g/mol. The van der Waals surface area contributed by atoms with Crippen LogP contribution in [0.1, 0.15) is 30.9 Å². The number of carbonyl (C=O) groups is 1. The molecule has 1 saturated carbocycles. The molecule has 4 nitrogen and oxygen atoms in total. The van der Waals surface area contributed by atoms with Crippen molar-refractivity contribution in [2.75, 3.05) is 26.7 Å². The number of fused-ring (bicyclic) bond motifs is 1. The fraction of sp³-hybridized carbons (Fsp3) is 0.688. The number of hydrogen-bond acceptors (Lipinski definition) is 3. The molecular weight excluding hydrogens is 252 g/mol. The van der Waals surface area contributed by atoms with Crippen molar-refractivity contribution in [1.29, 1.82) is 0 Å². The lowest BCUT2D eigenvalue weighted by Gasteiger charge is -2.36. The van der Waals surface area contributed by atoms with Crippen LogP contribution in [0.15, 0.2) is 22.8 Å². The third-order valence-corrected chi connectivity index (χ3v) is 5.36. The molecule has 2 aliphatic heterocycles. The molecule has 4 atom stereocenters. The standard InChI is InChI=1S/C16H22N2O2/c1-17-6-4-11-5-7-18(14(11)10-17)16(19)13-9-12(13)15-3-2-8-20-15/h2-3,8,11-14H,4-7,9-10H2,1H3.